The Kier molecular flexibility index (Phi) is 5.55. The molecule has 1 spiro atoms. The minimum absolute atomic E-state index is 0.0437. The number of hydrogen-bond acceptors (Lipinski definition) is 3. The van der Waals surface area contributed by atoms with Gasteiger partial charge in [0.2, 0.25) is 5.91 Å². The van der Waals surface area contributed by atoms with Crippen LogP contribution in [0.3, 0.4) is 0 Å². The molecule has 3 saturated heterocycles. The van der Waals surface area contributed by atoms with Crippen LogP contribution in [0.4, 0.5) is 11.4 Å². The third-order valence-electron chi connectivity index (χ3n) is 8.67. The molecule has 1 saturated carbocycles. The number of hydrogen-bond donors (Lipinski definition) is 0. The normalized spacial score (nSPS) is 28.1. The van der Waals surface area contributed by atoms with E-state index in [1.165, 1.54) is 56.3 Å². The molecule has 4 nitrogen and oxygen atoms in total. The maximum atomic E-state index is 13.4. The summed E-state index contributed by atoms with van der Waals surface area (Å²) in [6, 6.07) is 8.37. The van der Waals surface area contributed by atoms with Crippen LogP contribution in [0.15, 0.2) is 18.2 Å². The Morgan fingerprint density at radius 3 is 2.30 bits per heavy atom. The average molecular weight is 410 g/mol. The van der Waals surface area contributed by atoms with E-state index in [4.69, 9.17) is 0 Å². The van der Waals surface area contributed by atoms with Crippen LogP contribution in [0.5, 0.6) is 0 Å². The monoisotopic (exact) mass is 409 g/mol. The lowest BCUT2D eigenvalue weighted by Crippen LogP contribution is -2.48. The lowest BCUT2D eigenvalue weighted by atomic mass is 9.77. The number of benzene rings is 1. The smallest absolute Gasteiger partial charge is 0.233 e. The molecule has 0 N–H and O–H groups in total. The largest absolute Gasteiger partial charge is 0.371 e. The van der Waals surface area contributed by atoms with Gasteiger partial charge in [0.15, 0.2) is 0 Å². The second kappa shape index (κ2) is 8.18. The molecule has 4 heteroatoms. The number of carbonyl (C=O) groups excluding carboxylic acids is 1. The van der Waals surface area contributed by atoms with E-state index in [1.807, 2.05) is 0 Å². The molecule has 5 rings (SSSR count). The zero-order chi connectivity index (χ0) is 20.7. The summed E-state index contributed by atoms with van der Waals surface area (Å²) in [5.74, 6) is 0.405. The van der Waals surface area contributed by atoms with Crippen molar-refractivity contribution in [1.29, 1.82) is 0 Å². The summed E-state index contributed by atoms with van der Waals surface area (Å²) in [7, 11) is 0. The summed E-state index contributed by atoms with van der Waals surface area (Å²) in [6.07, 6.45) is 12.2. The lowest BCUT2D eigenvalue weighted by molar-refractivity contribution is -0.130. The maximum absolute atomic E-state index is 13.4. The van der Waals surface area contributed by atoms with Crippen molar-refractivity contribution in [3.05, 3.63) is 23.8 Å². The number of piperidine rings is 2. The molecule has 4 fully saturated rings. The molecule has 1 aromatic carbocycles. The molecule has 0 unspecified atom stereocenters. The highest BCUT2D eigenvalue weighted by Crippen LogP contribution is 2.47. The second-order valence-electron chi connectivity index (χ2n) is 10.5. The van der Waals surface area contributed by atoms with Crippen LogP contribution in [-0.2, 0) is 4.79 Å². The highest BCUT2D eigenvalue weighted by Gasteiger charge is 2.46. The number of rotatable bonds is 3. The molecule has 1 atom stereocenters. The Hall–Kier alpha value is -1.55. The maximum Gasteiger partial charge on any atom is 0.233 e. The number of aryl methyl sites for hydroxylation is 1. The molecule has 0 aromatic heterocycles. The standard InChI is InChI=1S/C26H39N3O/c1-20-19-23(27-17-10-22(11-18-27)28-15-5-7-21(28)2)8-9-24(20)29-16-6-14-26(25(29)30)12-3-4-13-26/h8-9,19,21-22H,3-7,10-18H2,1-2H3/t21-/m0/s1. The second-order valence-corrected chi connectivity index (χ2v) is 10.5. The van der Waals surface area contributed by atoms with Crippen molar-refractivity contribution in [3.8, 4) is 0 Å². The van der Waals surface area contributed by atoms with Gasteiger partial charge in [-0.05, 0) is 95.5 Å². The van der Waals surface area contributed by atoms with E-state index in [0.717, 1.165) is 63.1 Å². The predicted octanol–water partition coefficient (Wildman–Crippen LogP) is 5.14. The SMILES string of the molecule is Cc1cc(N2CCC(N3CCC[C@@H]3C)CC2)ccc1N1CCCC2(CCCC2)C1=O. The lowest BCUT2D eigenvalue weighted by Gasteiger charge is -2.41. The molecule has 1 aromatic rings. The van der Waals surface area contributed by atoms with Crippen LogP contribution in [0.25, 0.3) is 0 Å². The molecule has 3 aliphatic heterocycles. The van der Waals surface area contributed by atoms with Gasteiger partial charge in [-0.2, -0.15) is 0 Å². The summed E-state index contributed by atoms with van der Waals surface area (Å²) >= 11 is 0. The van der Waals surface area contributed by atoms with Gasteiger partial charge in [-0.15, -0.1) is 0 Å². The number of carbonyl (C=O) groups is 1. The highest BCUT2D eigenvalue weighted by atomic mass is 16.2. The number of likely N-dealkylation sites (tertiary alicyclic amines) is 1. The molecular formula is C26H39N3O. The van der Waals surface area contributed by atoms with E-state index in [1.54, 1.807) is 0 Å². The first-order valence-electron chi connectivity index (χ1n) is 12.5. The molecule has 1 amide bonds. The third kappa shape index (κ3) is 3.55. The van der Waals surface area contributed by atoms with Gasteiger partial charge in [0, 0.05) is 48.5 Å². The first-order chi connectivity index (χ1) is 14.6. The average Bonchev–Trinajstić information content (AvgIpc) is 3.40. The Morgan fingerprint density at radius 1 is 0.900 bits per heavy atom. The van der Waals surface area contributed by atoms with Gasteiger partial charge in [-0.3, -0.25) is 9.69 Å². The molecule has 1 aliphatic carbocycles. The Bertz CT molecular complexity index is 776. The number of nitrogens with zero attached hydrogens (tertiary/aromatic N) is 3. The Morgan fingerprint density at radius 2 is 1.63 bits per heavy atom. The quantitative estimate of drug-likeness (QED) is 0.692. The minimum atomic E-state index is -0.0437. The topological polar surface area (TPSA) is 26.8 Å². The van der Waals surface area contributed by atoms with Gasteiger partial charge in [0.1, 0.15) is 0 Å². The number of anilines is 2. The highest BCUT2D eigenvalue weighted by molar-refractivity contribution is 5.99. The van der Waals surface area contributed by atoms with Crippen LogP contribution in [0.1, 0.15) is 76.7 Å². The van der Waals surface area contributed by atoms with Crippen LogP contribution in [0, 0.1) is 12.3 Å². The van der Waals surface area contributed by atoms with Crippen molar-refractivity contribution in [1.82, 2.24) is 4.90 Å². The van der Waals surface area contributed by atoms with Crippen LogP contribution in [0.2, 0.25) is 0 Å². The minimum Gasteiger partial charge on any atom is -0.371 e. The van der Waals surface area contributed by atoms with Gasteiger partial charge in [0.05, 0.1) is 0 Å². The summed E-state index contributed by atoms with van der Waals surface area (Å²) in [4.78, 5) is 20.8. The van der Waals surface area contributed by atoms with Crippen molar-refractivity contribution in [2.24, 2.45) is 5.41 Å². The van der Waals surface area contributed by atoms with Gasteiger partial charge >= 0.3 is 0 Å². The molecular weight excluding hydrogens is 370 g/mol. The van der Waals surface area contributed by atoms with Crippen LogP contribution in [-0.4, -0.2) is 49.1 Å². The van der Waals surface area contributed by atoms with Crippen LogP contribution < -0.4 is 9.80 Å². The Labute approximate surface area is 182 Å². The van der Waals surface area contributed by atoms with E-state index < -0.39 is 0 Å². The summed E-state index contributed by atoms with van der Waals surface area (Å²) in [6.45, 7) is 9.09. The van der Waals surface area contributed by atoms with Gasteiger partial charge in [-0.25, -0.2) is 0 Å². The van der Waals surface area contributed by atoms with E-state index in [0.29, 0.717) is 5.91 Å². The van der Waals surface area contributed by atoms with Gasteiger partial charge in [0.25, 0.3) is 0 Å². The zero-order valence-corrected chi connectivity index (χ0v) is 19.0. The van der Waals surface area contributed by atoms with Crippen molar-refractivity contribution >= 4 is 17.3 Å². The molecule has 3 heterocycles. The molecule has 0 bridgehead atoms. The third-order valence-corrected chi connectivity index (χ3v) is 8.67. The fourth-order valence-corrected chi connectivity index (χ4v) is 6.91. The predicted molar refractivity (Wildman–Crippen MR) is 124 cm³/mol. The summed E-state index contributed by atoms with van der Waals surface area (Å²) < 4.78 is 0. The van der Waals surface area contributed by atoms with Crippen molar-refractivity contribution in [3.63, 3.8) is 0 Å². The van der Waals surface area contributed by atoms with Crippen molar-refractivity contribution in [2.75, 3.05) is 36.0 Å². The summed E-state index contributed by atoms with van der Waals surface area (Å²) in [5, 5.41) is 0. The molecule has 164 valence electrons. The van der Waals surface area contributed by atoms with E-state index in [-0.39, 0.29) is 5.41 Å². The van der Waals surface area contributed by atoms with Crippen molar-refractivity contribution in [2.45, 2.75) is 90.1 Å². The molecule has 4 aliphatic rings. The summed E-state index contributed by atoms with van der Waals surface area (Å²) in [5.41, 5.74) is 3.70. The zero-order valence-electron chi connectivity index (χ0n) is 19.0. The van der Waals surface area contributed by atoms with Crippen molar-refractivity contribution < 1.29 is 4.79 Å². The van der Waals surface area contributed by atoms with E-state index in [2.05, 4.69) is 46.7 Å². The molecule has 30 heavy (non-hydrogen) atoms. The first kappa shape index (κ1) is 20.4. The van der Waals surface area contributed by atoms with Crippen LogP contribution >= 0.6 is 0 Å². The molecule has 0 radical (unpaired) electrons. The van der Waals surface area contributed by atoms with Gasteiger partial charge in [-0.1, -0.05) is 12.8 Å². The Balaban J connectivity index is 1.27. The van der Waals surface area contributed by atoms with E-state index in [9.17, 15) is 4.79 Å². The fraction of sp³-hybridized carbons (Fsp3) is 0.731. The van der Waals surface area contributed by atoms with E-state index >= 15 is 0 Å². The fourth-order valence-electron chi connectivity index (χ4n) is 6.91. The first-order valence-corrected chi connectivity index (χ1v) is 12.5. The number of amides is 1. The van der Waals surface area contributed by atoms with Gasteiger partial charge < -0.3 is 9.80 Å².